The highest BCUT2D eigenvalue weighted by molar-refractivity contribution is 6.37. The number of nitrogens with two attached hydrogens (primary N) is 1. The molecule has 0 spiro atoms. The summed E-state index contributed by atoms with van der Waals surface area (Å²) in [5.74, 6) is -0.156. The fourth-order valence-corrected chi connectivity index (χ4v) is 2.97. The molecular formula is C11H19ClFNSi. The monoisotopic (exact) mass is 247 g/mol. The second kappa shape index (κ2) is 7.85. The number of hydrogen-bond donors (Lipinski definition) is 1. The van der Waals surface area contributed by atoms with Gasteiger partial charge in [-0.05, 0) is 36.2 Å². The minimum absolute atomic E-state index is 0. The zero-order chi connectivity index (χ0) is 10.4. The summed E-state index contributed by atoms with van der Waals surface area (Å²) in [6.45, 7) is 2.13. The Morgan fingerprint density at radius 1 is 1.33 bits per heavy atom. The lowest BCUT2D eigenvalue weighted by Crippen LogP contribution is -2.26. The fourth-order valence-electron chi connectivity index (χ4n) is 1.42. The number of benzene rings is 1. The first-order valence-electron chi connectivity index (χ1n) is 5.22. The quantitative estimate of drug-likeness (QED) is 0.793. The maximum atomic E-state index is 12.6. The van der Waals surface area contributed by atoms with Gasteiger partial charge in [-0.25, -0.2) is 4.39 Å². The molecule has 1 nitrogen and oxygen atoms in total. The summed E-state index contributed by atoms with van der Waals surface area (Å²) in [5, 5.41) is 0. The highest BCUT2D eigenvalue weighted by atomic mass is 35.5. The van der Waals surface area contributed by atoms with Crippen molar-refractivity contribution >= 4 is 21.9 Å². The van der Waals surface area contributed by atoms with Crippen LogP contribution in [-0.2, 0) is 6.42 Å². The van der Waals surface area contributed by atoms with Gasteiger partial charge in [-0.2, -0.15) is 0 Å². The van der Waals surface area contributed by atoms with E-state index in [0.717, 1.165) is 12.8 Å². The highest BCUT2D eigenvalue weighted by Crippen LogP contribution is 2.05. The molecule has 2 N–H and O–H groups in total. The SMILES string of the molecule is CCC(N)[SiH2]CCc1ccc(F)cc1.Cl. The second-order valence-corrected chi connectivity index (χ2v) is 6.02. The molecule has 0 aliphatic heterocycles. The maximum Gasteiger partial charge on any atom is 0.123 e. The van der Waals surface area contributed by atoms with Gasteiger partial charge < -0.3 is 5.73 Å². The summed E-state index contributed by atoms with van der Waals surface area (Å²) >= 11 is 0. The molecule has 1 aromatic rings. The van der Waals surface area contributed by atoms with E-state index in [0.29, 0.717) is 5.67 Å². The Morgan fingerprint density at radius 3 is 2.47 bits per heavy atom. The van der Waals surface area contributed by atoms with Crippen molar-refractivity contribution in [2.24, 2.45) is 5.73 Å². The molecule has 4 heteroatoms. The van der Waals surface area contributed by atoms with Crippen molar-refractivity contribution in [1.29, 1.82) is 0 Å². The van der Waals surface area contributed by atoms with Crippen LogP contribution in [0.4, 0.5) is 4.39 Å². The number of hydrogen-bond acceptors (Lipinski definition) is 1. The van der Waals surface area contributed by atoms with Crippen molar-refractivity contribution in [2.45, 2.75) is 31.5 Å². The predicted molar refractivity (Wildman–Crippen MR) is 69.0 cm³/mol. The summed E-state index contributed by atoms with van der Waals surface area (Å²) in [6.07, 6.45) is 2.15. The van der Waals surface area contributed by atoms with Gasteiger partial charge in [0.05, 0.1) is 0 Å². The topological polar surface area (TPSA) is 26.0 Å². The van der Waals surface area contributed by atoms with Crippen LogP contribution in [0.15, 0.2) is 24.3 Å². The van der Waals surface area contributed by atoms with Crippen molar-refractivity contribution < 1.29 is 4.39 Å². The van der Waals surface area contributed by atoms with E-state index in [2.05, 4.69) is 6.92 Å². The lowest BCUT2D eigenvalue weighted by Gasteiger charge is -2.06. The zero-order valence-electron chi connectivity index (χ0n) is 9.08. The molecule has 0 aliphatic carbocycles. The van der Waals surface area contributed by atoms with Crippen molar-refractivity contribution in [3.63, 3.8) is 0 Å². The van der Waals surface area contributed by atoms with Crippen molar-refractivity contribution in [3.05, 3.63) is 35.6 Å². The first-order valence-corrected chi connectivity index (χ1v) is 7.04. The molecule has 0 fully saturated rings. The molecule has 1 rings (SSSR count). The molecule has 0 saturated carbocycles. The van der Waals surface area contributed by atoms with Gasteiger partial charge in [0.1, 0.15) is 5.82 Å². The van der Waals surface area contributed by atoms with Crippen molar-refractivity contribution in [2.75, 3.05) is 0 Å². The van der Waals surface area contributed by atoms with E-state index < -0.39 is 0 Å². The molecule has 0 saturated heterocycles. The largest absolute Gasteiger partial charge is 0.331 e. The van der Waals surface area contributed by atoms with Crippen LogP contribution >= 0.6 is 12.4 Å². The molecule has 0 bridgehead atoms. The van der Waals surface area contributed by atoms with Gasteiger partial charge in [-0.15, -0.1) is 12.4 Å². The van der Waals surface area contributed by atoms with Crippen molar-refractivity contribution in [1.82, 2.24) is 0 Å². The van der Waals surface area contributed by atoms with Crippen molar-refractivity contribution in [3.8, 4) is 0 Å². The van der Waals surface area contributed by atoms with E-state index in [9.17, 15) is 4.39 Å². The first kappa shape index (κ1) is 14.6. The first-order chi connectivity index (χ1) is 6.72. The minimum atomic E-state index is -0.156. The normalized spacial score (nSPS) is 12.7. The Morgan fingerprint density at radius 2 is 1.93 bits per heavy atom. The third-order valence-corrected chi connectivity index (χ3v) is 4.56. The van der Waals surface area contributed by atoms with Gasteiger partial charge in [0, 0.05) is 9.52 Å². The van der Waals surface area contributed by atoms with Gasteiger partial charge >= 0.3 is 0 Å². The van der Waals surface area contributed by atoms with Crippen LogP contribution in [0, 0.1) is 5.82 Å². The molecule has 0 radical (unpaired) electrons. The average molecular weight is 248 g/mol. The Bertz CT molecular complexity index is 266. The average Bonchev–Trinajstić information content (AvgIpc) is 2.21. The molecule has 86 valence electrons. The Kier molecular flexibility index (Phi) is 7.65. The van der Waals surface area contributed by atoms with E-state index in [4.69, 9.17) is 5.73 Å². The Hall–Kier alpha value is -0.383. The Balaban J connectivity index is 0.00000196. The number of halogens is 2. The van der Waals surface area contributed by atoms with Gasteiger partial charge in [0.2, 0.25) is 0 Å². The zero-order valence-corrected chi connectivity index (χ0v) is 11.3. The minimum Gasteiger partial charge on any atom is -0.331 e. The predicted octanol–water partition coefficient (Wildman–Crippen LogP) is 2.07. The van der Waals surface area contributed by atoms with E-state index in [-0.39, 0.29) is 27.7 Å². The summed E-state index contributed by atoms with van der Waals surface area (Å²) in [7, 11) is -0.134. The standard InChI is InChI=1S/C11H18FNSi.ClH/c1-2-11(13)14-8-7-9-3-5-10(12)6-4-9;/h3-6,11H,2,7-8,13-14H2,1H3;1H. The van der Waals surface area contributed by atoms with Crippen LogP contribution in [0.2, 0.25) is 6.04 Å². The molecular weight excluding hydrogens is 229 g/mol. The van der Waals surface area contributed by atoms with E-state index >= 15 is 0 Å². The van der Waals surface area contributed by atoms with Crippen LogP contribution in [0.3, 0.4) is 0 Å². The Labute approximate surface area is 99.5 Å². The molecule has 0 aromatic heterocycles. The molecule has 0 aliphatic rings. The van der Waals surface area contributed by atoms with E-state index in [1.54, 1.807) is 0 Å². The lowest BCUT2D eigenvalue weighted by atomic mass is 10.2. The molecule has 15 heavy (non-hydrogen) atoms. The van der Waals surface area contributed by atoms with E-state index in [1.165, 1.54) is 23.7 Å². The van der Waals surface area contributed by atoms with Crippen LogP contribution < -0.4 is 5.73 Å². The maximum absolute atomic E-state index is 12.6. The highest BCUT2D eigenvalue weighted by Gasteiger charge is 2.00. The summed E-state index contributed by atoms with van der Waals surface area (Å²) < 4.78 is 12.6. The third kappa shape index (κ3) is 5.92. The molecule has 0 amide bonds. The summed E-state index contributed by atoms with van der Waals surface area (Å²) in [6, 6.07) is 8.00. The fraction of sp³-hybridized carbons (Fsp3) is 0.455. The summed E-state index contributed by atoms with van der Waals surface area (Å²) in [5.41, 5.74) is 7.54. The molecule has 1 atom stereocenters. The number of aryl methyl sites for hydroxylation is 1. The van der Waals surface area contributed by atoms with E-state index in [1.807, 2.05) is 12.1 Å². The van der Waals surface area contributed by atoms with Gasteiger partial charge in [0.25, 0.3) is 0 Å². The van der Waals surface area contributed by atoms with Gasteiger partial charge in [-0.3, -0.25) is 0 Å². The van der Waals surface area contributed by atoms with Crippen LogP contribution in [0.25, 0.3) is 0 Å². The lowest BCUT2D eigenvalue weighted by molar-refractivity contribution is 0.627. The third-order valence-electron chi connectivity index (χ3n) is 2.48. The van der Waals surface area contributed by atoms with Crippen LogP contribution in [0.1, 0.15) is 18.9 Å². The smallest absolute Gasteiger partial charge is 0.123 e. The van der Waals surface area contributed by atoms with Crippen LogP contribution in [-0.4, -0.2) is 15.2 Å². The molecule has 1 aromatic carbocycles. The van der Waals surface area contributed by atoms with Gasteiger partial charge in [-0.1, -0.05) is 25.1 Å². The summed E-state index contributed by atoms with van der Waals surface area (Å²) in [4.78, 5) is 0. The molecule has 0 heterocycles. The van der Waals surface area contributed by atoms with Crippen LogP contribution in [0.5, 0.6) is 0 Å². The van der Waals surface area contributed by atoms with Gasteiger partial charge in [0.15, 0.2) is 0 Å². The number of rotatable bonds is 5. The second-order valence-electron chi connectivity index (χ2n) is 3.69. The molecule has 1 unspecified atom stereocenters.